The maximum absolute atomic E-state index is 12.4. The first kappa shape index (κ1) is 18.1. The third kappa shape index (κ3) is 6.19. The summed E-state index contributed by atoms with van der Waals surface area (Å²) in [6, 6.07) is 2.89. The molecule has 0 aliphatic carbocycles. The third-order valence-corrected chi connectivity index (χ3v) is 2.96. The lowest BCUT2D eigenvalue weighted by molar-refractivity contribution is -0.144. The van der Waals surface area contributed by atoms with Crippen LogP contribution in [0.25, 0.3) is 0 Å². The van der Waals surface area contributed by atoms with Crippen molar-refractivity contribution in [2.45, 2.75) is 25.9 Å². The summed E-state index contributed by atoms with van der Waals surface area (Å²) in [5.74, 6) is -0.609. The zero-order valence-corrected chi connectivity index (χ0v) is 13.0. The molecule has 0 aliphatic rings. The van der Waals surface area contributed by atoms with Crippen molar-refractivity contribution in [1.82, 2.24) is 9.88 Å². The number of carbonyl (C=O) groups is 2. The molecule has 1 aromatic rings. The Morgan fingerprint density at radius 2 is 2.23 bits per heavy atom. The SMILES string of the molecule is CCOC(=O)CCN(Cc1cccnc1)C(=O)C(N)COC. The highest BCUT2D eigenvalue weighted by Gasteiger charge is 2.22. The molecule has 1 aromatic heterocycles. The van der Waals surface area contributed by atoms with Gasteiger partial charge in [0.25, 0.3) is 0 Å². The smallest absolute Gasteiger partial charge is 0.307 e. The van der Waals surface area contributed by atoms with Crippen LogP contribution in [0.1, 0.15) is 18.9 Å². The first-order chi connectivity index (χ1) is 10.6. The van der Waals surface area contributed by atoms with Crippen LogP contribution in [-0.4, -0.2) is 54.7 Å². The van der Waals surface area contributed by atoms with E-state index in [1.807, 2.05) is 6.07 Å². The van der Waals surface area contributed by atoms with E-state index in [1.165, 1.54) is 12.0 Å². The van der Waals surface area contributed by atoms with Crippen LogP contribution in [-0.2, 0) is 25.6 Å². The fourth-order valence-corrected chi connectivity index (χ4v) is 1.92. The van der Waals surface area contributed by atoms with E-state index in [-0.39, 0.29) is 31.4 Å². The van der Waals surface area contributed by atoms with Gasteiger partial charge in [-0.15, -0.1) is 0 Å². The Labute approximate surface area is 130 Å². The Kier molecular flexibility index (Phi) is 8.09. The van der Waals surface area contributed by atoms with Gasteiger partial charge < -0.3 is 20.1 Å². The first-order valence-corrected chi connectivity index (χ1v) is 7.16. The summed E-state index contributed by atoms with van der Waals surface area (Å²) in [5.41, 5.74) is 6.66. The van der Waals surface area contributed by atoms with E-state index in [4.69, 9.17) is 15.2 Å². The van der Waals surface area contributed by atoms with Crippen molar-refractivity contribution in [3.8, 4) is 0 Å². The summed E-state index contributed by atoms with van der Waals surface area (Å²) in [6.07, 6.45) is 3.46. The van der Waals surface area contributed by atoms with E-state index in [1.54, 1.807) is 25.4 Å². The number of pyridine rings is 1. The average molecular weight is 309 g/mol. The van der Waals surface area contributed by atoms with E-state index in [0.717, 1.165) is 5.56 Å². The minimum atomic E-state index is -0.760. The van der Waals surface area contributed by atoms with Gasteiger partial charge in [0.1, 0.15) is 6.04 Å². The van der Waals surface area contributed by atoms with Gasteiger partial charge in [-0.25, -0.2) is 0 Å². The molecule has 0 saturated carbocycles. The van der Waals surface area contributed by atoms with Gasteiger partial charge in [0.15, 0.2) is 0 Å². The maximum atomic E-state index is 12.4. The molecule has 122 valence electrons. The number of hydrogen-bond donors (Lipinski definition) is 1. The van der Waals surface area contributed by atoms with Gasteiger partial charge in [0, 0.05) is 32.6 Å². The van der Waals surface area contributed by atoms with Crippen molar-refractivity contribution < 1.29 is 19.1 Å². The van der Waals surface area contributed by atoms with Crippen LogP contribution in [0.15, 0.2) is 24.5 Å². The molecule has 0 aromatic carbocycles. The normalized spacial score (nSPS) is 11.8. The molecule has 1 amide bonds. The lowest BCUT2D eigenvalue weighted by Gasteiger charge is -2.25. The second-order valence-corrected chi connectivity index (χ2v) is 4.74. The van der Waals surface area contributed by atoms with Crippen molar-refractivity contribution >= 4 is 11.9 Å². The van der Waals surface area contributed by atoms with E-state index in [2.05, 4.69) is 4.98 Å². The molecule has 1 heterocycles. The quantitative estimate of drug-likeness (QED) is 0.661. The minimum Gasteiger partial charge on any atom is -0.466 e. The Bertz CT molecular complexity index is 467. The van der Waals surface area contributed by atoms with Crippen LogP contribution in [0.4, 0.5) is 0 Å². The van der Waals surface area contributed by atoms with Gasteiger partial charge in [-0.05, 0) is 18.6 Å². The van der Waals surface area contributed by atoms with E-state index >= 15 is 0 Å². The van der Waals surface area contributed by atoms with Crippen LogP contribution in [0, 0.1) is 0 Å². The number of rotatable bonds is 9. The highest BCUT2D eigenvalue weighted by Crippen LogP contribution is 2.06. The van der Waals surface area contributed by atoms with Crippen molar-refractivity contribution in [3.63, 3.8) is 0 Å². The van der Waals surface area contributed by atoms with E-state index in [0.29, 0.717) is 13.2 Å². The Morgan fingerprint density at radius 3 is 2.82 bits per heavy atom. The molecule has 7 nitrogen and oxygen atoms in total. The average Bonchev–Trinajstić information content (AvgIpc) is 2.52. The molecule has 1 rings (SSSR count). The lowest BCUT2D eigenvalue weighted by atomic mass is 10.2. The highest BCUT2D eigenvalue weighted by atomic mass is 16.5. The van der Waals surface area contributed by atoms with Crippen LogP contribution in [0.2, 0.25) is 0 Å². The first-order valence-electron chi connectivity index (χ1n) is 7.16. The summed E-state index contributed by atoms with van der Waals surface area (Å²) < 4.78 is 9.80. The predicted molar refractivity (Wildman–Crippen MR) is 80.8 cm³/mol. The number of ether oxygens (including phenoxy) is 2. The lowest BCUT2D eigenvalue weighted by Crippen LogP contribution is -2.46. The number of nitrogens with zero attached hydrogens (tertiary/aromatic N) is 2. The zero-order chi connectivity index (χ0) is 16.4. The Hall–Kier alpha value is -1.99. The minimum absolute atomic E-state index is 0.125. The summed E-state index contributed by atoms with van der Waals surface area (Å²) in [7, 11) is 1.48. The molecule has 7 heteroatoms. The van der Waals surface area contributed by atoms with Gasteiger partial charge in [-0.1, -0.05) is 6.07 Å². The molecule has 0 saturated heterocycles. The van der Waals surface area contributed by atoms with Gasteiger partial charge in [-0.2, -0.15) is 0 Å². The fourth-order valence-electron chi connectivity index (χ4n) is 1.92. The molecular formula is C15H23N3O4. The highest BCUT2D eigenvalue weighted by molar-refractivity contribution is 5.82. The molecule has 0 aliphatic heterocycles. The number of hydrogen-bond acceptors (Lipinski definition) is 6. The predicted octanol–water partition coefficient (Wildman–Crippen LogP) is 0.337. The largest absolute Gasteiger partial charge is 0.466 e. The van der Waals surface area contributed by atoms with E-state index in [9.17, 15) is 9.59 Å². The molecule has 1 unspecified atom stereocenters. The summed E-state index contributed by atoms with van der Waals surface area (Å²) >= 11 is 0. The molecule has 2 N–H and O–H groups in total. The van der Waals surface area contributed by atoms with Crippen molar-refractivity contribution in [2.75, 3.05) is 26.9 Å². The third-order valence-electron chi connectivity index (χ3n) is 2.96. The molecule has 1 atom stereocenters. The van der Waals surface area contributed by atoms with Gasteiger partial charge in [0.2, 0.25) is 5.91 Å². The number of esters is 1. The fraction of sp³-hybridized carbons (Fsp3) is 0.533. The van der Waals surface area contributed by atoms with Crippen molar-refractivity contribution in [3.05, 3.63) is 30.1 Å². The standard InChI is InChI=1S/C15H23N3O4/c1-3-22-14(19)6-8-18(15(20)13(16)11-21-2)10-12-5-4-7-17-9-12/h4-5,7,9,13H,3,6,8,10-11,16H2,1-2H3. The number of nitrogens with two attached hydrogens (primary N) is 1. The molecular weight excluding hydrogens is 286 g/mol. The maximum Gasteiger partial charge on any atom is 0.307 e. The monoisotopic (exact) mass is 309 g/mol. The van der Waals surface area contributed by atoms with Gasteiger partial charge in [-0.3, -0.25) is 14.6 Å². The van der Waals surface area contributed by atoms with Crippen LogP contribution >= 0.6 is 0 Å². The Balaban J connectivity index is 2.71. The zero-order valence-electron chi connectivity index (χ0n) is 13.0. The topological polar surface area (TPSA) is 94.8 Å². The van der Waals surface area contributed by atoms with Crippen molar-refractivity contribution in [1.29, 1.82) is 0 Å². The molecule has 0 bridgehead atoms. The second-order valence-electron chi connectivity index (χ2n) is 4.74. The number of amides is 1. The van der Waals surface area contributed by atoms with Gasteiger partial charge >= 0.3 is 5.97 Å². The Morgan fingerprint density at radius 1 is 1.45 bits per heavy atom. The molecule has 22 heavy (non-hydrogen) atoms. The van der Waals surface area contributed by atoms with Crippen molar-refractivity contribution in [2.24, 2.45) is 5.73 Å². The molecule has 0 radical (unpaired) electrons. The summed E-state index contributed by atoms with van der Waals surface area (Å²) in [6.45, 7) is 2.76. The number of aromatic nitrogens is 1. The number of methoxy groups -OCH3 is 1. The molecule has 0 spiro atoms. The van der Waals surface area contributed by atoms with Gasteiger partial charge in [0.05, 0.1) is 19.6 Å². The van der Waals surface area contributed by atoms with E-state index < -0.39 is 6.04 Å². The second kappa shape index (κ2) is 9.86. The van der Waals surface area contributed by atoms with Crippen LogP contribution in [0.3, 0.4) is 0 Å². The van der Waals surface area contributed by atoms with Crippen LogP contribution < -0.4 is 5.73 Å². The summed E-state index contributed by atoms with van der Waals surface area (Å²) in [4.78, 5) is 29.4. The summed E-state index contributed by atoms with van der Waals surface area (Å²) in [5, 5.41) is 0. The molecule has 0 fully saturated rings. The number of carbonyl (C=O) groups excluding carboxylic acids is 2. The van der Waals surface area contributed by atoms with Crippen LogP contribution in [0.5, 0.6) is 0 Å².